The Labute approximate surface area is 268 Å². The highest BCUT2D eigenvalue weighted by Crippen LogP contribution is 2.32. The lowest BCUT2D eigenvalue weighted by atomic mass is 9.99. The molecular formula is C36H38N8O2. The number of nitrogens with one attached hydrogen (secondary N) is 4. The molecule has 2 aliphatic rings. The fourth-order valence-electron chi connectivity index (χ4n) is 5.99. The molecule has 2 fully saturated rings. The van der Waals surface area contributed by atoms with Gasteiger partial charge in [0.15, 0.2) is 0 Å². The summed E-state index contributed by atoms with van der Waals surface area (Å²) in [5, 5.41) is 19.9. The number of amidine groups is 1. The molecule has 4 aromatic carbocycles. The van der Waals surface area contributed by atoms with Crippen LogP contribution in [0.2, 0.25) is 0 Å². The van der Waals surface area contributed by atoms with Crippen molar-refractivity contribution in [2.75, 3.05) is 85.4 Å². The monoisotopic (exact) mass is 614 g/mol. The number of anilines is 6. The first-order chi connectivity index (χ1) is 22.6. The first-order valence-electron chi connectivity index (χ1n) is 15.7. The minimum atomic E-state index is 0.317. The van der Waals surface area contributed by atoms with Crippen molar-refractivity contribution in [3.63, 3.8) is 0 Å². The molecular weight excluding hydrogens is 576 g/mol. The normalized spacial score (nSPS) is 15.1. The Morgan fingerprint density at radius 1 is 0.696 bits per heavy atom. The van der Waals surface area contributed by atoms with Crippen LogP contribution in [0.25, 0.3) is 22.0 Å². The van der Waals surface area contributed by atoms with Crippen molar-refractivity contribution in [2.24, 2.45) is 0 Å². The highest BCUT2D eigenvalue weighted by molar-refractivity contribution is 6.10. The summed E-state index contributed by atoms with van der Waals surface area (Å²) in [5.41, 5.74) is 8.69. The standard InChI is InChI=1S/C36H38N8O2/c1-38-33-12-2-25(22-31(33)35(37)41-27-4-8-29(9-5-27)43-14-18-45-19-15-43)26-3-13-34-32(23-26)36(40-24-39-34)42-28-6-10-30(11-7-28)44-16-20-46-21-17-44/h2-13,22-24,38H,14-21H2,1H3,(H2,37,41)(H,39,40,42). The quantitative estimate of drug-likeness (QED) is 0.120. The molecule has 234 valence electrons. The number of hydrogen-bond acceptors (Lipinski definition) is 9. The van der Waals surface area contributed by atoms with E-state index < -0.39 is 0 Å². The predicted octanol–water partition coefficient (Wildman–Crippen LogP) is 6.19. The molecule has 2 saturated heterocycles. The Morgan fingerprint density at radius 2 is 1.28 bits per heavy atom. The van der Waals surface area contributed by atoms with Gasteiger partial charge in [0.05, 0.1) is 31.9 Å². The van der Waals surface area contributed by atoms with Crippen LogP contribution in [0, 0.1) is 5.41 Å². The molecule has 2 aliphatic heterocycles. The van der Waals surface area contributed by atoms with Crippen molar-refractivity contribution in [2.45, 2.75) is 0 Å². The van der Waals surface area contributed by atoms with Gasteiger partial charge in [0.25, 0.3) is 0 Å². The van der Waals surface area contributed by atoms with Crippen LogP contribution in [0.1, 0.15) is 5.56 Å². The van der Waals surface area contributed by atoms with E-state index in [1.54, 1.807) is 6.33 Å². The largest absolute Gasteiger partial charge is 0.388 e. The molecule has 0 unspecified atom stereocenters. The Morgan fingerprint density at radius 3 is 1.91 bits per heavy atom. The molecule has 46 heavy (non-hydrogen) atoms. The lowest BCUT2D eigenvalue weighted by Gasteiger charge is -2.29. The van der Waals surface area contributed by atoms with E-state index in [1.165, 1.54) is 5.69 Å². The zero-order chi connectivity index (χ0) is 31.3. The van der Waals surface area contributed by atoms with E-state index in [2.05, 4.69) is 90.3 Å². The van der Waals surface area contributed by atoms with E-state index in [0.29, 0.717) is 5.84 Å². The van der Waals surface area contributed by atoms with Crippen molar-refractivity contribution >= 4 is 51.0 Å². The number of rotatable bonds is 8. The number of morpholine rings is 2. The topological polar surface area (TPSA) is 111 Å². The minimum absolute atomic E-state index is 0.317. The second-order valence-electron chi connectivity index (χ2n) is 11.4. The molecule has 4 N–H and O–H groups in total. The maximum absolute atomic E-state index is 8.97. The Kier molecular flexibility index (Phi) is 8.62. The molecule has 10 heteroatoms. The predicted molar refractivity (Wildman–Crippen MR) is 187 cm³/mol. The second kappa shape index (κ2) is 13.4. The number of ether oxygens (including phenoxy) is 2. The van der Waals surface area contributed by atoms with Gasteiger partial charge in [-0.2, -0.15) is 0 Å². The zero-order valence-electron chi connectivity index (χ0n) is 25.9. The first kappa shape index (κ1) is 29.5. The molecule has 5 aromatic rings. The maximum Gasteiger partial charge on any atom is 0.141 e. The van der Waals surface area contributed by atoms with Gasteiger partial charge in [0, 0.05) is 72.6 Å². The zero-order valence-corrected chi connectivity index (χ0v) is 25.9. The molecule has 0 spiro atoms. The summed E-state index contributed by atoms with van der Waals surface area (Å²) in [5.74, 6) is 1.06. The molecule has 0 radical (unpaired) electrons. The van der Waals surface area contributed by atoms with E-state index in [1.807, 2.05) is 37.4 Å². The molecule has 10 nitrogen and oxygen atoms in total. The molecule has 0 saturated carbocycles. The summed E-state index contributed by atoms with van der Waals surface area (Å²) in [6.45, 7) is 6.61. The summed E-state index contributed by atoms with van der Waals surface area (Å²) < 4.78 is 11.0. The molecule has 0 atom stereocenters. The lowest BCUT2D eigenvalue weighted by Crippen LogP contribution is -2.36. The minimum Gasteiger partial charge on any atom is -0.388 e. The number of nitrogens with zero attached hydrogens (tertiary/aromatic N) is 4. The van der Waals surface area contributed by atoms with E-state index >= 15 is 0 Å². The van der Waals surface area contributed by atoms with E-state index in [0.717, 1.165) is 109 Å². The van der Waals surface area contributed by atoms with Crippen molar-refractivity contribution < 1.29 is 9.47 Å². The number of benzene rings is 4. The van der Waals surface area contributed by atoms with Gasteiger partial charge in [-0.05, 0) is 83.9 Å². The number of aromatic nitrogens is 2. The third-order valence-electron chi connectivity index (χ3n) is 8.55. The van der Waals surface area contributed by atoms with Crippen molar-refractivity contribution in [3.8, 4) is 11.1 Å². The first-order valence-corrected chi connectivity index (χ1v) is 15.7. The number of fused-ring (bicyclic) bond motifs is 1. The van der Waals surface area contributed by atoms with Gasteiger partial charge in [-0.15, -0.1) is 0 Å². The third kappa shape index (κ3) is 6.44. The van der Waals surface area contributed by atoms with Crippen LogP contribution < -0.4 is 25.8 Å². The van der Waals surface area contributed by atoms with Gasteiger partial charge >= 0.3 is 0 Å². The smallest absolute Gasteiger partial charge is 0.141 e. The van der Waals surface area contributed by atoms with Gasteiger partial charge in [-0.25, -0.2) is 9.97 Å². The van der Waals surface area contributed by atoms with Crippen LogP contribution >= 0.6 is 0 Å². The molecule has 1 aromatic heterocycles. The van der Waals surface area contributed by atoms with Crippen LogP contribution in [-0.4, -0.2) is 75.5 Å². The Bertz CT molecular complexity index is 1820. The van der Waals surface area contributed by atoms with Crippen LogP contribution in [0.4, 0.5) is 34.3 Å². The molecule has 3 heterocycles. The Hall–Kier alpha value is -5.19. The van der Waals surface area contributed by atoms with Gasteiger partial charge in [0.2, 0.25) is 0 Å². The van der Waals surface area contributed by atoms with Crippen LogP contribution in [0.3, 0.4) is 0 Å². The summed E-state index contributed by atoms with van der Waals surface area (Å²) >= 11 is 0. The Balaban J connectivity index is 1.11. The SMILES string of the molecule is CNc1ccc(-c2ccc3ncnc(Nc4ccc(N5CCOCC5)cc4)c3c2)cc1C(=N)Nc1ccc(N2CCOCC2)cc1. The average Bonchev–Trinajstić information content (AvgIpc) is 3.12. The van der Waals surface area contributed by atoms with Crippen LogP contribution in [0.5, 0.6) is 0 Å². The van der Waals surface area contributed by atoms with Gasteiger partial charge in [0.1, 0.15) is 18.0 Å². The molecule has 0 bridgehead atoms. The average molecular weight is 615 g/mol. The maximum atomic E-state index is 8.97. The fraction of sp³-hybridized carbons (Fsp3) is 0.250. The van der Waals surface area contributed by atoms with Crippen molar-refractivity contribution in [1.82, 2.24) is 9.97 Å². The van der Waals surface area contributed by atoms with Gasteiger partial charge in [-0.1, -0.05) is 12.1 Å². The summed E-state index contributed by atoms with van der Waals surface area (Å²) in [4.78, 5) is 13.8. The van der Waals surface area contributed by atoms with E-state index in [9.17, 15) is 0 Å². The lowest BCUT2D eigenvalue weighted by molar-refractivity contribution is 0.122. The van der Waals surface area contributed by atoms with E-state index in [-0.39, 0.29) is 0 Å². The second-order valence-corrected chi connectivity index (χ2v) is 11.4. The fourth-order valence-corrected chi connectivity index (χ4v) is 5.99. The highest BCUT2D eigenvalue weighted by Gasteiger charge is 2.15. The van der Waals surface area contributed by atoms with Gasteiger partial charge < -0.3 is 35.2 Å². The summed E-state index contributed by atoms with van der Waals surface area (Å²) in [6, 6.07) is 29.0. The van der Waals surface area contributed by atoms with E-state index in [4.69, 9.17) is 14.9 Å². The summed E-state index contributed by atoms with van der Waals surface area (Å²) in [6.07, 6.45) is 1.59. The number of hydrogen-bond donors (Lipinski definition) is 4. The van der Waals surface area contributed by atoms with Crippen LogP contribution in [0.15, 0.2) is 91.3 Å². The highest BCUT2D eigenvalue weighted by atomic mass is 16.5. The summed E-state index contributed by atoms with van der Waals surface area (Å²) in [7, 11) is 1.88. The molecule has 0 amide bonds. The van der Waals surface area contributed by atoms with Crippen molar-refractivity contribution in [3.05, 3.63) is 96.8 Å². The molecule has 7 rings (SSSR count). The van der Waals surface area contributed by atoms with Crippen LogP contribution in [-0.2, 0) is 9.47 Å². The van der Waals surface area contributed by atoms with Gasteiger partial charge in [-0.3, -0.25) is 5.41 Å². The molecule has 0 aliphatic carbocycles. The third-order valence-corrected chi connectivity index (χ3v) is 8.55. The van der Waals surface area contributed by atoms with Crippen molar-refractivity contribution in [1.29, 1.82) is 5.41 Å².